The van der Waals surface area contributed by atoms with Gasteiger partial charge in [0.2, 0.25) is 15.9 Å². The van der Waals surface area contributed by atoms with Gasteiger partial charge in [-0.1, -0.05) is 0 Å². The summed E-state index contributed by atoms with van der Waals surface area (Å²) in [5.74, 6) is -0.110. The molecule has 1 N–H and O–H groups in total. The van der Waals surface area contributed by atoms with E-state index < -0.39 is 20.9 Å². The van der Waals surface area contributed by atoms with Gasteiger partial charge in [-0.25, -0.2) is 12.7 Å². The Morgan fingerprint density at radius 2 is 1.96 bits per heavy atom. The van der Waals surface area contributed by atoms with Gasteiger partial charge in [-0.3, -0.25) is 14.6 Å². The molecule has 3 aliphatic rings. The first-order valence-corrected chi connectivity index (χ1v) is 11.1. The van der Waals surface area contributed by atoms with E-state index in [0.717, 1.165) is 0 Å². The van der Waals surface area contributed by atoms with E-state index in [-0.39, 0.29) is 18.4 Å². The Balaban J connectivity index is 1.58. The van der Waals surface area contributed by atoms with Crippen LogP contribution in [0.2, 0.25) is 0 Å². The molecule has 2 amide bonds. The number of hydrogen-bond donors (Lipinski definition) is 1. The summed E-state index contributed by atoms with van der Waals surface area (Å²) in [6.45, 7) is 2.21. The molecule has 146 valence electrons. The Kier molecular flexibility index (Phi) is 4.27. The number of likely N-dealkylation sites (tertiary alicyclic amines) is 1. The van der Waals surface area contributed by atoms with Crippen molar-refractivity contribution in [2.24, 2.45) is 10.8 Å². The predicted molar refractivity (Wildman–Crippen MR) is 98.3 cm³/mol. The number of pyridine rings is 1. The van der Waals surface area contributed by atoms with Crippen LogP contribution in [0.5, 0.6) is 0 Å². The number of nitrogens with one attached hydrogen (secondary N) is 1. The number of aromatic nitrogens is 1. The number of carbonyl (C=O) groups is 2. The molecule has 0 radical (unpaired) electrons. The first-order valence-electron chi connectivity index (χ1n) is 9.20. The molecule has 3 fully saturated rings. The molecule has 0 unspecified atom stereocenters. The standard InChI is InChI=1S/C18H24N4O4S/c1-27(25,26)22-12-17(18(13-22)4-8-20-16(18)24)5-9-21(10-6-17)15(23)14-3-2-7-19-11-14/h2-3,7,11H,4-6,8-10,12-13H2,1H3,(H,20,24)/t18-/m0/s1. The van der Waals surface area contributed by atoms with Crippen LogP contribution in [0, 0.1) is 10.8 Å². The van der Waals surface area contributed by atoms with Gasteiger partial charge in [0.05, 0.1) is 17.2 Å². The van der Waals surface area contributed by atoms with Crippen molar-refractivity contribution in [3.05, 3.63) is 30.1 Å². The summed E-state index contributed by atoms with van der Waals surface area (Å²) in [7, 11) is -3.37. The predicted octanol–water partition coefficient (Wildman–Crippen LogP) is 0.0855. The molecule has 3 aliphatic heterocycles. The van der Waals surface area contributed by atoms with Crippen LogP contribution in [-0.2, 0) is 14.8 Å². The maximum atomic E-state index is 12.8. The third kappa shape index (κ3) is 2.84. The zero-order valence-corrected chi connectivity index (χ0v) is 16.2. The number of fused-ring (bicyclic) bond motifs is 1. The van der Waals surface area contributed by atoms with Crippen molar-refractivity contribution in [1.82, 2.24) is 19.5 Å². The lowest BCUT2D eigenvalue weighted by Crippen LogP contribution is -2.53. The highest BCUT2D eigenvalue weighted by Gasteiger charge is 2.65. The van der Waals surface area contributed by atoms with Crippen LogP contribution in [0.3, 0.4) is 0 Å². The smallest absolute Gasteiger partial charge is 0.255 e. The number of hydrogen-bond acceptors (Lipinski definition) is 5. The zero-order chi connectivity index (χ0) is 19.3. The Morgan fingerprint density at radius 3 is 2.52 bits per heavy atom. The lowest BCUT2D eigenvalue weighted by Gasteiger charge is -2.46. The normalized spacial score (nSPS) is 28.0. The molecule has 0 aromatic carbocycles. The van der Waals surface area contributed by atoms with Gasteiger partial charge in [0, 0.05) is 50.5 Å². The fraction of sp³-hybridized carbons (Fsp3) is 0.611. The summed E-state index contributed by atoms with van der Waals surface area (Å²) < 4.78 is 25.8. The summed E-state index contributed by atoms with van der Waals surface area (Å²) >= 11 is 0. The van der Waals surface area contributed by atoms with Crippen LogP contribution in [0.25, 0.3) is 0 Å². The third-order valence-electron chi connectivity index (χ3n) is 6.60. The minimum atomic E-state index is -3.37. The van der Waals surface area contributed by atoms with Crippen LogP contribution in [0.4, 0.5) is 0 Å². The Labute approximate surface area is 159 Å². The van der Waals surface area contributed by atoms with E-state index in [9.17, 15) is 18.0 Å². The van der Waals surface area contributed by atoms with Crippen molar-refractivity contribution in [2.75, 3.05) is 39.0 Å². The second-order valence-electron chi connectivity index (χ2n) is 7.93. The molecule has 0 bridgehead atoms. The molecule has 1 aromatic heterocycles. The van der Waals surface area contributed by atoms with Crippen LogP contribution >= 0.6 is 0 Å². The molecular weight excluding hydrogens is 368 g/mol. The Hall–Kier alpha value is -2.00. The highest BCUT2D eigenvalue weighted by atomic mass is 32.2. The monoisotopic (exact) mass is 392 g/mol. The molecule has 8 nitrogen and oxygen atoms in total. The number of amides is 2. The lowest BCUT2D eigenvalue weighted by molar-refractivity contribution is -0.133. The fourth-order valence-electron chi connectivity index (χ4n) is 5.02. The van der Waals surface area contributed by atoms with E-state index in [2.05, 4.69) is 10.3 Å². The lowest BCUT2D eigenvalue weighted by atomic mass is 9.60. The Morgan fingerprint density at radius 1 is 1.22 bits per heavy atom. The first kappa shape index (κ1) is 18.4. The van der Waals surface area contributed by atoms with E-state index in [1.807, 2.05) is 0 Å². The molecule has 27 heavy (non-hydrogen) atoms. The minimum Gasteiger partial charge on any atom is -0.356 e. The maximum Gasteiger partial charge on any atom is 0.255 e. The molecule has 0 aliphatic carbocycles. The summed E-state index contributed by atoms with van der Waals surface area (Å²) in [6.07, 6.45) is 6.28. The highest BCUT2D eigenvalue weighted by molar-refractivity contribution is 7.88. The van der Waals surface area contributed by atoms with E-state index in [0.29, 0.717) is 51.0 Å². The molecule has 4 heterocycles. The molecule has 0 saturated carbocycles. The van der Waals surface area contributed by atoms with Crippen molar-refractivity contribution < 1.29 is 18.0 Å². The van der Waals surface area contributed by atoms with Gasteiger partial charge < -0.3 is 10.2 Å². The molecule has 3 saturated heterocycles. The van der Waals surface area contributed by atoms with Crippen LogP contribution in [0.1, 0.15) is 29.6 Å². The quantitative estimate of drug-likeness (QED) is 0.769. The van der Waals surface area contributed by atoms with Gasteiger partial charge in [0.15, 0.2) is 0 Å². The molecule has 9 heteroatoms. The number of carbonyl (C=O) groups excluding carboxylic acids is 2. The summed E-state index contributed by atoms with van der Waals surface area (Å²) in [5.41, 5.74) is -0.548. The van der Waals surface area contributed by atoms with Gasteiger partial charge in [-0.15, -0.1) is 0 Å². The summed E-state index contributed by atoms with van der Waals surface area (Å²) in [6, 6.07) is 3.48. The van der Waals surface area contributed by atoms with Crippen molar-refractivity contribution in [2.45, 2.75) is 19.3 Å². The van der Waals surface area contributed by atoms with Crippen LogP contribution < -0.4 is 5.32 Å². The van der Waals surface area contributed by atoms with E-state index in [1.165, 1.54) is 10.6 Å². The molecule has 1 atom stereocenters. The average molecular weight is 392 g/mol. The van der Waals surface area contributed by atoms with E-state index >= 15 is 0 Å². The second kappa shape index (κ2) is 6.27. The SMILES string of the molecule is CS(=O)(=O)N1CC2(CCN(C(=O)c3cccnc3)CC2)[C@@]2(CCNC2=O)C1. The Bertz CT molecular complexity index is 865. The van der Waals surface area contributed by atoms with Gasteiger partial charge in [0.25, 0.3) is 5.91 Å². The van der Waals surface area contributed by atoms with Gasteiger partial charge >= 0.3 is 0 Å². The average Bonchev–Trinajstić information content (AvgIpc) is 3.18. The van der Waals surface area contributed by atoms with Gasteiger partial charge in [-0.05, 0) is 31.4 Å². The van der Waals surface area contributed by atoms with Crippen LogP contribution in [0.15, 0.2) is 24.5 Å². The fourth-order valence-corrected chi connectivity index (χ4v) is 5.96. The number of rotatable bonds is 2. The van der Waals surface area contributed by atoms with Crippen molar-refractivity contribution in [3.63, 3.8) is 0 Å². The molecular formula is C18H24N4O4S. The second-order valence-corrected chi connectivity index (χ2v) is 9.92. The summed E-state index contributed by atoms with van der Waals surface area (Å²) in [5, 5.41) is 2.91. The van der Waals surface area contributed by atoms with Crippen LogP contribution in [-0.4, -0.2) is 73.4 Å². The highest BCUT2D eigenvalue weighted by Crippen LogP contribution is 2.56. The summed E-state index contributed by atoms with van der Waals surface area (Å²) in [4.78, 5) is 31.3. The van der Waals surface area contributed by atoms with Crippen molar-refractivity contribution in [3.8, 4) is 0 Å². The minimum absolute atomic E-state index is 0.0410. The van der Waals surface area contributed by atoms with Gasteiger partial charge in [-0.2, -0.15) is 0 Å². The van der Waals surface area contributed by atoms with Crippen molar-refractivity contribution in [1.29, 1.82) is 0 Å². The zero-order valence-electron chi connectivity index (χ0n) is 15.3. The third-order valence-corrected chi connectivity index (χ3v) is 7.79. The topological polar surface area (TPSA) is 99.7 Å². The maximum absolute atomic E-state index is 12.8. The van der Waals surface area contributed by atoms with Gasteiger partial charge in [0.1, 0.15) is 0 Å². The largest absolute Gasteiger partial charge is 0.356 e. The van der Waals surface area contributed by atoms with Crippen molar-refractivity contribution >= 4 is 21.8 Å². The molecule has 4 rings (SSSR count). The molecule has 2 spiro atoms. The number of nitrogens with zero attached hydrogens (tertiary/aromatic N) is 3. The number of piperidine rings is 1. The van der Waals surface area contributed by atoms with E-state index in [4.69, 9.17) is 0 Å². The van der Waals surface area contributed by atoms with E-state index in [1.54, 1.807) is 29.4 Å². The number of sulfonamides is 1. The molecule has 1 aromatic rings. The first-order chi connectivity index (χ1) is 12.8.